The summed E-state index contributed by atoms with van der Waals surface area (Å²) in [5.74, 6) is 1.13. The zero-order chi connectivity index (χ0) is 19.1. The minimum atomic E-state index is -3.60. The van der Waals surface area contributed by atoms with Crippen LogP contribution >= 0.6 is 0 Å². The second-order valence-corrected chi connectivity index (χ2v) is 8.51. The third-order valence-corrected chi connectivity index (χ3v) is 6.64. The molecule has 3 rings (SSSR count). The van der Waals surface area contributed by atoms with Gasteiger partial charge >= 0.3 is 0 Å². The molecule has 0 N–H and O–H groups in total. The average Bonchev–Trinajstić information content (AvgIpc) is 3.13. The number of sulfonamides is 1. The highest BCUT2D eigenvalue weighted by molar-refractivity contribution is 7.89. The molecule has 2 aromatic heterocycles. The van der Waals surface area contributed by atoms with Crippen LogP contribution in [0.5, 0.6) is 5.88 Å². The predicted molar refractivity (Wildman–Crippen MR) is 96.8 cm³/mol. The Morgan fingerprint density at radius 2 is 1.96 bits per heavy atom. The van der Waals surface area contributed by atoms with Crippen molar-refractivity contribution >= 4 is 15.8 Å². The highest BCUT2D eigenvalue weighted by atomic mass is 32.2. The largest absolute Gasteiger partial charge is 0.472 e. The Morgan fingerprint density at radius 1 is 1.23 bits per heavy atom. The fourth-order valence-corrected chi connectivity index (χ4v) is 4.94. The lowest BCUT2D eigenvalue weighted by molar-refractivity contribution is 0.204. The molecule has 0 aliphatic carbocycles. The second kappa shape index (κ2) is 6.84. The Labute approximate surface area is 153 Å². The van der Waals surface area contributed by atoms with Gasteiger partial charge in [0.2, 0.25) is 15.9 Å². The summed E-state index contributed by atoms with van der Waals surface area (Å²) in [5.41, 5.74) is 1.15. The molecule has 26 heavy (non-hydrogen) atoms. The van der Waals surface area contributed by atoms with Crippen LogP contribution in [0.25, 0.3) is 0 Å². The topological polar surface area (TPSA) is 93.5 Å². The molecule has 0 spiro atoms. The molecule has 0 bridgehead atoms. The lowest BCUT2D eigenvalue weighted by Crippen LogP contribution is -2.31. The standard InChI is InChI=1S/C16H24N6O3S/c1-11-16(12(2)21(5)19-11)26(23,24)22-9-8-13(10-22)25-15-7-6-14(17-18-15)20(3)4/h6-7,13H,8-10H2,1-5H3/t13-/m1/s1. The maximum absolute atomic E-state index is 13.0. The van der Waals surface area contributed by atoms with Crippen LogP contribution in [0.2, 0.25) is 0 Å². The van der Waals surface area contributed by atoms with E-state index in [1.54, 1.807) is 31.6 Å². The molecule has 1 fully saturated rings. The maximum Gasteiger partial charge on any atom is 0.246 e. The first-order chi connectivity index (χ1) is 12.2. The van der Waals surface area contributed by atoms with Gasteiger partial charge in [0.05, 0.1) is 17.9 Å². The fraction of sp³-hybridized carbons (Fsp3) is 0.562. The van der Waals surface area contributed by atoms with Gasteiger partial charge in [0.15, 0.2) is 5.82 Å². The number of hydrogen-bond acceptors (Lipinski definition) is 7. The van der Waals surface area contributed by atoms with Crippen LogP contribution in [-0.2, 0) is 17.1 Å². The van der Waals surface area contributed by atoms with Gasteiger partial charge in [-0.05, 0) is 26.3 Å². The van der Waals surface area contributed by atoms with Gasteiger partial charge < -0.3 is 9.64 Å². The van der Waals surface area contributed by atoms with E-state index in [0.29, 0.717) is 30.2 Å². The summed E-state index contributed by atoms with van der Waals surface area (Å²) in [5, 5.41) is 12.3. The zero-order valence-corrected chi connectivity index (χ0v) is 16.5. The quantitative estimate of drug-likeness (QED) is 0.755. The lowest BCUT2D eigenvalue weighted by atomic mass is 10.3. The van der Waals surface area contributed by atoms with Crippen LogP contribution in [-0.4, -0.2) is 66.0 Å². The molecule has 142 valence electrons. The van der Waals surface area contributed by atoms with E-state index in [4.69, 9.17) is 4.74 Å². The van der Waals surface area contributed by atoms with Gasteiger partial charge in [-0.2, -0.15) is 9.40 Å². The van der Waals surface area contributed by atoms with Gasteiger partial charge in [0.25, 0.3) is 0 Å². The van der Waals surface area contributed by atoms with Gasteiger partial charge in [-0.1, -0.05) is 0 Å². The van der Waals surface area contributed by atoms with Gasteiger partial charge in [-0.25, -0.2) is 8.42 Å². The number of anilines is 1. The van der Waals surface area contributed by atoms with Crippen molar-refractivity contribution in [3.63, 3.8) is 0 Å². The van der Waals surface area contributed by atoms with E-state index in [0.717, 1.165) is 5.82 Å². The summed E-state index contributed by atoms with van der Waals surface area (Å²) in [6, 6.07) is 3.56. The molecule has 0 amide bonds. The van der Waals surface area contributed by atoms with Crippen molar-refractivity contribution in [3.05, 3.63) is 23.5 Å². The molecule has 3 heterocycles. The normalized spacial score (nSPS) is 18.3. The molecule has 1 aliphatic rings. The van der Waals surface area contributed by atoms with Crippen molar-refractivity contribution in [2.24, 2.45) is 7.05 Å². The number of hydrogen-bond donors (Lipinski definition) is 0. The van der Waals surface area contributed by atoms with E-state index in [2.05, 4.69) is 15.3 Å². The van der Waals surface area contributed by atoms with E-state index in [1.165, 1.54) is 4.31 Å². The smallest absolute Gasteiger partial charge is 0.246 e. The van der Waals surface area contributed by atoms with Crippen LogP contribution in [0, 0.1) is 13.8 Å². The highest BCUT2D eigenvalue weighted by Gasteiger charge is 2.36. The zero-order valence-electron chi connectivity index (χ0n) is 15.7. The average molecular weight is 380 g/mol. The fourth-order valence-electron chi connectivity index (χ4n) is 3.05. The van der Waals surface area contributed by atoms with Crippen LogP contribution < -0.4 is 9.64 Å². The Morgan fingerprint density at radius 3 is 2.50 bits per heavy atom. The predicted octanol–water partition coefficient (Wildman–Crippen LogP) is 0.735. The van der Waals surface area contributed by atoms with Gasteiger partial charge in [-0.15, -0.1) is 10.2 Å². The van der Waals surface area contributed by atoms with Crippen LogP contribution in [0.4, 0.5) is 5.82 Å². The number of rotatable bonds is 5. The second-order valence-electron chi connectivity index (χ2n) is 6.64. The summed E-state index contributed by atoms with van der Waals surface area (Å²) in [4.78, 5) is 2.13. The van der Waals surface area contributed by atoms with E-state index < -0.39 is 10.0 Å². The molecule has 0 unspecified atom stereocenters. The number of aromatic nitrogens is 4. The lowest BCUT2D eigenvalue weighted by Gasteiger charge is -2.17. The third-order valence-electron chi connectivity index (χ3n) is 4.52. The van der Waals surface area contributed by atoms with Crippen molar-refractivity contribution < 1.29 is 13.2 Å². The first kappa shape index (κ1) is 18.6. The van der Waals surface area contributed by atoms with E-state index in [-0.39, 0.29) is 17.5 Å². The molecule has 9 nitrogen and oxygen atoms in total. The minimum Gasteiger partial charge on any atom is -0.472 e. The van der Waals surface area contributed by atoms with Crippen molar-refractivity contribution in [2.45, 2.75) is 31.3 Å². The molecule has 1 atom stereocenters. The number of nitrogens with zero attached hydrogens (tertiary/aromatic N) is 6. The summed E-state index contributed by atoms with van der Waals surface area (Å²) < 4.78 is 34.8. The van der Waals surface area contributed by atoms with Crippen molar-refractivity contribution in [2.75, 3.05) is 32.1 Å². The van der Waals surface area contributed by atoms with E-state index in [9.17, 15) is 8.42 Å². The first-order valence-electron chi connectivity index (χ1n) is 8.38. The molecular formula is C16H24N6O3S. The first-order valence-corrected chi connectivity index (χ1v) is 9.82. The molecular weight excluding hydrogens is 356 g/mol. The molecule has 0 radical (unpaired) electrons. The van der Waals surface area contributed by atoms with Gasteiger partial charge in [0.1, 0.15) is 11.0 Å². The van der Waals surface area contributed by atoms with E-state index >= 15 is 0 Å². The van der Waals surface area contributed by atoms with Crippen molar-refractivity contribution in [1.29, 1.82) is 0 Å². The van der Waals surface area contributed by atoms with Crippen LogP contribution in [0.3, 0.4) is 0 Å². The van der Waals surface area contributed by atoms with Crippen molar-refractivity contribution in [3.8, 4) is 5.88 Å². The van der Waals surface area contributed by atoms with Crippen molar-refractivity contribution in [1.82, 2.24) is 24.3 Å². The summed E-state index contributed by atoms with van der Waals surface area (Å²) in [6.07, 6.45) is 0.357. The minimum absolute atomic E-state index is 0.249. The van der Waals surface area contributed by atoms with Crippen LogP contribution in [0.1, 0.15) is 17.8 Å². The Kier molecular flexibility index (Phi) is 4.89. The summed E-state index contributed by atoms with van der Waals surface area (Å²) in [7, 11) is 1.91. The molecule has 10 heteroatoms. The Bertz CT molecular complexity index is 891. The number of ether oxygens (including phenoxy) is 1. The maximum atomic E-state index is 13.0. The van der Waals surface area contributed by atoms with Gasteiger partial charge in [0, 0.05) is 33.8 Å². The molecule has 2 aromatic rings. The molecule has 0 aromatic carbocycles. The molecule has 0 saturated carbocycles. The third kappa shape index (κ3) is 3.38. The molecule has 1 saturated heterocycles. The Balaban J connectivity index is 1.72. The van der Waals surface area contributed by atoms with Gasteiger partial charge in [-0.3, -0.25) is 4.68 Å². The Hall–Kier alpha value is -2.20. The molecule has 1 aliphatic heterocycles. The number of aryl methyl sites for hydroxylation is 2. The highest BCUT2D eigenvalue weighted by Crippen LogP contribution is 2.27. The summed E-state index contributed by atoms with van der Waals surface area (Å²) >= 11 is 0. The van der Waals surface area contributed by atoms with E-state index in [1.807, 2.05) is 25.1 Å². The van der Waals surface area contributed by atoms with Crippen LogP contribution in [0.15, 0.2) is 17.0 Å². The monoisotopic (exact) mass is 380 g/mol. The summed E-state index contributed by atoms with van der Waals surface area (Å²) in [6.45, 7) is 4.17. The SMILES string of the molecule is Cc1nn(C)c(C)c1S(=O)(=O)N1CC[C@@H](Oc2ccc(N(C)C)nn2)C1.